The third-order valence-corrected chi connectivity index (χ3v) is 3.47. The summed E-state index contributed by atoms with van der Waals surface area (Å²) >= 11 is 0. The van der Waals surface area contributed by atoms with Gasteiger partial charge >= 0.3 is 0 Å². The van der Waals surface area contributed by atoms with Crippen LogP contribution in [0.4, 0.5) is 0 Å². The molecule has 0 bridgehead atoms. The van der Waals surface area contributed by atoms with Crippen LogP contribution in [0.1, 0.15) is 25.0 Å². The highest BCUT2D eigenvalue weighted by Crippen LogP contribution is 2.30. The zero-order valence-electron chi connectivity index (χ0n) is 11.0. The fourth-order valence-electron chi connectivity index (χ4n) is 2.18. The summed E-state index contributed by atoms with van der Waals surface area (Å²) in [6.45, 7) is 1.99. The molecule has 18 heavy (non-hydrogen) atoms. The minimum absolute atomic E-state index is 0.0138. The van der Waals surface area contributed by atoms with Gasteiger partial charge in [-0.25, -0.2) is 0 Å². The van der Waals surface area contributed by atoms with Gasteiger partial charge in [-0.05, 0) is 12.5 Å². The summed E-state index contributed by atoms with van der Waals surface area (Å²) in [5.41, 5.74) is 1.06. The van der Waals surface area contributed by atoms with E-state index in [0.717, 1.165) is 5.56 Å². The Morgan fingerprint density at radius 3 is 2.61 bits per heavy atom. The Hall–Kier alpha value is -1.39. The van der Waals surface area contributed by atoms with Crippen LogP contribution in [0.25, 0.3) is 0 Å². The molecule has 0 radical (unpaired) electrons. The van der Waals surface area contributed by atoms with Gasteiger partial charge in [-0.15, -0.1) is 0 Å². The van der Waals surface area contributed by atoms with E-state index in [1.54, 1.807) is 12.0 Å². The van der Waals surface area contributed by atoms with Crippen LogP contribution in [0.3, 0.4) is 0 Å². The van der Waals surface area contributed by atoms with E-state index in [1.165, 1.54) is 0 Å². The first-order chi connectivity index (χ1) is 8.63. The van der Waals surface area contributed by atoms with Gasteiger partial charge < -0.3 is 14.4 Å². The van der Waals surface area contributed by atoms with E-state index < -0.39 is 6.29 Å². The van der Waals surface area contributed by atoms with E-state index >= 15 is 0 Å². The number of hydrogen-bond acceptors (Lipinski definition) is 3. The van der Waals surface area contributed by atoms with Gasteiger partial charge in [-0.3, -0.25) is 4.79 Å². The Morgan fingerprint density at radius 2 is 2.00 bits per heavy atom. The predicted octanol–water partition coefficient (Wildman–Crippen LogP) is 1.97. The summed E-state index contributed by atoms with van der Waals surface area (Å²) in [5.74, 6) is 0.0489. The number of nitrogens with zero attached hydrogens (tertiary/aromatic N) is 1. The molecule has 98 valence electrons. The van der Waals surface area contributed by atoms with Crippen LogP contribution >= 0.6 is 0 Å². The summed E-state index contributed by atoms with van der Waals surface area (Å²) < 4.78 is 11.1. The summed E-state index contributed by atoms with van der Waals surface area (Å²) in [4.78, 5) is 13.7. The molecule has 1 heterocycles. The van der Waals surface area contributed by atoms with E-state index in [9.17, 15) is 4.79 Å². The molecular weight excluding hydrogens is 230 g/mol. The second-order valence-corrected chi connectivity index (χ2v) is 4.58. The van der Waals surface area contributed by atoms with Crippen molar-refractivity contribution in [2.75, 3.05) is 14.2 Å². The molecule has 0 aromatic heterocycles. The maximum atomic E-state index is 11.9. The van der Waals surface area contributed by atoms with Crippen molar-refractivity contribution < 1.29 is 14.3 Å². The SMILES string of the molecule is CO[C@H]1CC(=O)N(C)[C@@H](C)[C@@H](c2ccccc2)O1. The average Bonchev–Trinajstić information content (AvgIpc) is 2.51. The number of carbonyl (C=O) groups is 1. The van der Waals surface area contributed by atoms with Gasteiger partial charge in [0.1, 0.15) is 6.10 Å². The van der Waals surface area contributed by atoms with Crippen LogP contribution in [0.15, 0.2) is 30.3 Å². The summed E-state index contributed by atoms with van der Waals surface area (Å²) in [5, 5.41) is 0. The highest BCUT2D eigenvalue weighted by molar-refractivity contribution is 5.76. The minimum atomic E-state index is -0.477. The molecule has 0 spiro atoms. The van der Waals surface area contributed by atoms with Crippen LogP contribution in [0.5, 0.6) is 0 Å². The van der Waals surface area contributed by atoms with Gasteiger partial charge in [-0.2, -0.15) is 0 Å². The molecule has 0 aliphatic carbocycles. The lowest BCUT2D eigenvalue weighted by Crippen LogP contribution is -2.37. The van der Waals surface area contributed by atoms with Crippen LogP contribution in [0, 0.1) is 0 Å². The van der Waals surface area contributed by atoms with E-state index in [-0.39, 0.29) is 24.5 Å². The highest BCUT2D eigenvalue weighted by Gasteiger charge is 2.34. The largest absolute Gasteiger partial charge is 0.355 e. The highest BCUT2D eigenvalue weighted by atomic mass is 16.7. The number of hydrogen-bond donors (Lipinski definition) is 0. The van der Waals surface area contributed by atoms with Crippen molar-refractivity contribution in [3.05, 3.63) is 35.9 Å². The maximum Gasteiger partial charge on any atom is 0.227 e. The van der Waals surface area contributed by atoms with Gasteiger partial charge in [0, 0.05) is 14.2 Å². The monoisotopic (exact) mass is 249 g/mol. The molecule has 1 aromatic rings. The van der Waals surface area contributed by atoms with Gasteiger partial charge in [-0.1, -0.05) is 30.3 Å². The normalized spacial score (nSPS) is 29.2. The van der Waals surface area contributed by atoms with Crippen molar-refractivity contribution in [1.29, 1.82) is 0 Å². The smallest absolute Gasteiger partial charge is 0.227 e. The Balaban J connectivity index is 2.29. The molecule has 2 rings (SSSR count). The molecule has 1 aliphatic rings. The first kappa shape index (κ1) is 13.1. The van der Waals surface area contributed by atoms with Crippen LogP contribution in [0.2, 0.25) is 0 Å². The first-order valence-electron chi connectivity index (χ1n) is 6.12. The number of ether oxygens (including phenoxy) is 2. The summed E-state index contributed by atoms with van der Waals surface area (Å²) in [6, 6.07) is 9.92. The number of carbonyl (C=O) groups excluding carboxylic acids is 1. The summed E-state index contributed by atoms with van der Waals surface area (Å²) in [6.07, 6.45) is -0.372. The maximum absolute atomic E-state index is 11.9. The third-order valence-electron chi connectivity index (χ3n) is 3.47. The molecule has 1 saturated heterocycles. The Morgan fingerprint density at radius 1 is 1.33 bits per heavy atom. The lowest BCUT2D eigenvalue weighted by Gasteiger charge is -2.29. The molecule has 0 saturated carbocycles. The van der Waals surface area contributed by atoms with Gasteiger partial charge in [0.15, 0.2) is 6.29 Å². The Bertz CT molecular complexity index is 407. The number of rotatable bonds is 2. The van der Waals surface area contributed by atoms with E-state index in [4.69, 9.17) is 9.47 Å². The molecular formula is C14H19NO3. The van der Waals surface area contributed by atoms with Crippen molar-refractivity contribution in [2.45, 2.75) is 31.8 Å². The van der Waals surface area contributed by atoms with E-state index in [0.29, 0.717) is 0 Å². The van der Waals surface area contributed by atoms with Crippen molar-refractivity contribution in [2.24, 2.45) is 0 Å². The fraction of sp³-hybridized carbons (Fsp3) is 0.500. The topological polar surface area (TPSA) is 38.8 Å². The number of amides is 1. The molecule has 0 N–H and O–H groups in total. The molecule has 1 amide bonds. The minimum Gasteiger partial charge on any atom is -0.355 e. The van der Waals surface area contributed by atoms with Gasteiger partial charge in [0.2, 0.25) is 5.91 Å². The molecule has 1 aromatic carbocycles. The number of benzene rings is 1. The molecule has 4 nitrogen and oxygen atoms in total. The molecule has 3 atom stereocenters. The number of methoxy groups -OCH3 is 1. The van der Waals surface area contributed by atoms with Crippen molar-refractivity contribution in [3.8, 4) is 0 Å². The van der Waals surface area contributed by atoms with Gasteiger partial charge in [0.05, 0.1) is 12.5 Å². The van der Waals surface area contributed by atoms with E-state index in [2.05, 4.69) is 0 Å². The average molecular weight is 249 g/mol. The van der Waals surface area contributed by atoms with E-state index in [1.807, 2.05) is 44.3 Å². The fourth-order valence-corrected chi connectivity index (χ4v) is 2.18. The summed E-state index contributed by atoms with van der Waals surface area (Å²) in [7, 11) is 3.38. The van der Waals surface area contributed by atoms with Crippen molar-refractivity contribution in [3.63, 3.8) is 0 Å². The zero-order chi connectivity index (χ0) is 13.1. The molecule has 1 fully saturated rings. The van der Waals surface area contributed by atoms with Crippen molar-refractivity contribution in [1.82, 2.24) is 4.90 Å². The second kappa shape index (κ2) is 5.50. The quantitative estimate of drug-likeness (QED) is 0.804. The number of likely N-dealkylation sites (N-methyl/N-ethyl adjacent to an activating group) is 1. The molecule has 4 heteroatoms. The van der Waals surface area contributed by atoms with Crippen molar-refractivity contribution >= 4 is 5.91 Å². The standard InChI is InChI=1S/C14H19NO3/c1-10-14(11-7-5-4-6-8-11)18-13(17-3)9-12(16)15(10)2/h4-8,10,13-14H,9H2,1-3H3/t10-,13+,14-/m0/s1. The second-order valence-electron chi connectivity index (χ2n) is 4.58. The third kappa shape index (κ3) is 2.54. The lowest BCUT2D eigenvalue weighted by molar-refractivity contribution is -0.160. The van der Waals surface area contributed by atoms with Crippen LogP contribution < -0.4 is 0 Å². The van der Waals surface area contributed by atoms with Crippen LogP contribution in [-0.4, -0.2) is 37.3 Å². The van der Waals surface area contributed by atoms with Crippen LogP contribution in [-0.2, 0) is 14.3 Å². The molecule has 0 unspecified atom stereocenters. The first-order valence-corrected chi connectivity index (χ1v) is 6.12. The lowest BCUT2D eigenvalue weighted by atomic mass is 10.0. The Kier molecular flexibility index (Phi) is 3.99. The predicted molar refractivity (Wildman–Crippen MR) is 67.9 cm³/mol. The Labute approximate surface area is 107 Å². The van der Waals surface area contributed by atoms with Gasteiger partial charge in [0.25, 0.3) is 0 Å². The molecule has 1 aliphatic heterocycles. The zero-order valence-corrected chi connectivity index (χ0v) is 11.0.